The van der Waals surface area contributed by atoms with Gasteiger partial charge in [-0.05, 0) is 29.8 Å². The maximum Gasteiger partial charge on any atom is 0.307 e. The average molecular weight is 317 g/mol. The van der Waals surface area contributed by atoms with Crippen molar-refractivity contribution in [1.29, 1.82) is 0 Å². The number of hydrogen-bond donors (Lipinski definition) is 1. The lowest BCUT2D eigenvalue weighted by atomic mass is 10.1. The van der Waals surface area contributed by atoms with E-state index in [-0.39, 0.29) is 11.6 Å². The third kappa shape index (κ3) is 3.60. The first-order valence-corrected chi connectivity index (χ1v) is 6.43. The van der Waals surface area contributed by atoms with Gasteiger partial charge in [-0.3, -0.25) is 4.79 Å². The average Bonchev–Trinajstić information content (AvgIpc) is 2.31. The van der Waals surface area contributed by atoms with Gasteiger partial charge in [-0.1, -0.05) is 40.9 Å². The molecule has 0 radical (unpaired) electrons. The molecular formula is C13H8Cl3NO2. The van der Waals surface area contributed by atoms with Crippen molar-refractivity contribution >= 4 is 40.8 Å². The van der Waals surface area contributed by atoms with E-state index in [1.165, 1.54) is 6.07 Å². The Hall–Kier alpha value is -1.29. The summed E-state index contributed by atoms with van der Waals surface area (Å²) in [4.78, 5) is 14.9. The summed E-state index contributed by atoms with van der Waals surface area (Å²) in [7, 11) is 0. The molecule has 0 amide bonds. The van der Waals surface area contributed by atoms with E-state index in [2.05, 4.69) is 4.98 Å². The van der Waals surface area contributed by atoms with E-state index in [9.17, 15) is 4.79 Å². The molecule has 19 heavy (non-hydrogen) atoms. The van der Waals surface area contributed by atoms with Crippen LogP contribution in [0.5, 0.6) is 0 Å². The molecular weight excluding hydrogens is 309 g/mol. The molecule has 3 nitrogen and oxygen atoms in total. The highest BCUT2D eigenvalue weighted by Crippen LogP contribution is 2.28. The van der Waals surface area contributed by atoms with Crippen LogP contribution in [0.2, 0.25) is 15.2 Å². The molecule has 1 aromatic heterocycles. The Bertz CT molecular complexity index is 644. The van der Waals surface area contributed by atoms with Gasteiger partial charge in [-0.15, -0.1) is 0 Å². The van der Waals surface area contributed by atoms with Crippen LogP contribution in [0.1, 0.15) is 5.56 Å². The van der Waals surface area contributed by atoms with Gasteiger partial charge in [-0.25, -0.2) is 4.98 Å². The maximum absolute atomic E-state index is 10.7. The number of carboxylic acid groups (broad SMARTS) is 1. The van der Waals surface area contributed by atoms with Crippen molar-refractivity contribution in [3.05, 3.63) is 51.1 Å². The Morgan fingerprint density at radius 1 is 1.11 bits per heavy atom. The fourth-order valence-electron chi connectivity index (χ4n) is 1.63. The van der Waals surface area contributed by atoms with Gasteiger partial charge in [0.05, 0.1) is 22.2 Å². The fourth-order valence-corrected chi connectivity index (χ4v) is 2.16. The Labute approximate surface area is 124 Å². The molecule has 0 saturated heterocycles. The van der Waals surface area contributed by atoms with E-state index in [1.807, 2.05) is 0 Å². The van der Waals surface area contributed by atoms with Gasteiger partial charge in [0.25, 0.3) is 0 Å². The van der Waals surface area contributed by atoms with Crippen molar-refractivity contribution in [2.24, 2.45) is 0 Å². The molecule has 0 fully saturated rings. The minimum Gasteiger partial charge on any atom is -0.481 e. The zero-order valence-electron chi connectivity index (χ0n) is 9.53. The predicted molar refractivity (Wildman–Crippen MR) is 76.0 cm³/mol. The molecule has 0 bridgehead atoms. The second-order valence-electron chi connectivity index (χ2n) is 3.88. The van der Waals surface area contributed by atoms with E-state index in [1.54, 1.807) is 24.3 Å². The number of halogens is 3. The van der Waals surface area contributed by atoms with Crippen LogP contribution in [0.3, 0.4) is 0 Å². The summed E-state index contributed by atoms with van der Waals surface area (Å²) in [5.41, 5.74) is 1.86. The Morgan fingerprint density at radius 3 is 2.47 bits per heavy atom. The number of carboxylic acids is 1. The molecule has 2 aromatic rings. The number of carbonyl (C=O) groups is 1. The van der Waals surface area contributed by atoms with Gasteiger partial charge in [0.2, 0.25) is 0 Å². The summed E-state index contributed by atoms with van der Waals surface area (Å²) in [6, 6.07) is 8.25. The number of pyridine rings is 1. The van der Waals surface area contributed by atoms with Crippen molar-refractivity contribution in [3.63, 3.8) is 0 Å². The van der Waals surface area contributed by atoms with Crippen LogP contribution in [0, 0.1) is 0 Å². The van der Waals surface area contributed by atoms with Gasteiger partial charge >= 0.3 is 5.97 Å². The molecule has 1 aromatic carbocycles. The second-order valence-corrected chi connectivity index (χ2v) is 5.08. The van der Waals surface area contributed by atoms with Crippen molar-refractivity contribution in [1.82, 2.24) is 4.98 Å². The van der Waals surface area contributed by atoms with Crippen LogP contribution in [-0.4, -0.2) is 16.1 Å². The SMILES string of the molecule is O=C(O)Cc1cc(Cl)nc(-c2ccc(Cl)c(Cl)c2)c1. The summed E-state index contributed by atoms with van der Waals surface area (Å²) < 4.78 is 0. The molecule has 98 valence electrons. The van der Waals surface area contributed by atoms with Crippen LogP contribution >= 0.6 is 34.8 Å². The molecule has 0 aliphatic carbocycles. The molecule has 0 saturated carbocycles. The Balaban J connectivity index is 2.46. The third-order valence-electron chi connectivity index (χ3n) is 2.42. The number of rotatable bonds is 3. The van der Waals surface area contributed by atoms with Gasteiger partial charge in [0.15, 0.2) is 0 Å². The maximum atomic E-state index is 10.7. The predicted octanol–water partition coefficient (Wildman–Crippen LogP) is 4.34. The quantitative estimate of drug-likeness (QED) is 0.857. The highest BCUT2D eigenvalue weighted by Gasteiger charge is 2.08. The van der Waals surface area contributed by atoms with E-state index in [4.69, 9.17) is 39.9 Å². The monoisotopic (exact) mass is 315 g/mol. The molecule has 0 aliphatic heterocycles. The Kier molecular flexibility index (Phi) is 4.30. The summed E-state index contributed by atoms with van der Waals surface area (Å²) in [5.74, 6) is -0.928. The van der Waals surface area contributed by atoms with Crippen molar-refractivity contribution < 1.29 is 9.90 Å². The van der Waals surface area contributed by atoms with E-state index < -0.39 is 5.97 Å². The van der Waals surface area contributed by atoms with E-state index >= 15 is 0 Å². The van der Waals surface area contributed by atoms with Gasteiger partial charge in [0.1, 0.15) is 5.15 Å². The van der Waals surface area contributed by atoms with Crippen molar-refractivity contribution in [3.8, 4) is 11.3 Å². The Morgan fingerprint density at radius 2 is 1.84 bits per heavy atom. The van der Waals surface area contributed by atoms with Crippen LogP contribution in [0.25, 0.3) is 11.3 Å². The minimum atomic E-state index is -0.928. The van der Waals surface area contributed by atoms with Crippen molar-refractivity contribution in [2.45, 2.75) is 6.42 Å². The topological polar surface area (TPSA) is 50.2 Å². The van der Waals surface area contributed by atoms with Gasteiger partial charge < -0.3 is 5.11 Å². The first-order chi connectivity index (χ1) is 8.95. The largest absolute Gasteiger partial charge is 0.481 e. The number of benzene rings is 1. The number of aromatic nitrogens is 1. The van der Waals surface area contributed by atoms with Crippen LogP contribution < -0.4 is 0 Å². The molecule has 6 heteroatoms. The first-order valence-electron chi connectivity index (χ1n) is 5.29. The fraction of sp³-hybridized carbons (Fsp3) is 0.0769. The molecule has 1 N–H and O–H groups in total. The zero-order valence-corrected chi connectivity index (χ0v) is 11.8. The third-order valence-corrected chi connectivity index (χ3v) is 3.36. The van der Waals surface area contributed by atoms with E-state index in [0.717, 1.165) is 5.56 Å². The number of aliphatic carboxylic acids is 1. The number of hydrogen-bond acceptors (Lipinski definition) is 2. The summed E-state index contributed by atoms with van der Waals surface area (Å²) in [5, 5.41) is 9.88. The highest BCUT2D eigenvalue weighted by molar-refractivity contribution is 6.42. The first kappa shape index (κ1) is 14.1. The lowest BCUT2D eigenvalue weighted by molar-refractivity contribution is -0.136. The molecule has 0 atom stereocenters. The molecule has 2 rings (SSSR count). The van der Waals surface area contributed by atoms with Crippen LogP contribution in [0.15, 0.2) is 30.3 Å². The van der Waals surface area contributed by atoms with Gasteiger partial charge in [-0.2, -0.15) is 0 Å². The second kappa shape index (κ2) is 5.78. The van der Waals surface area contributed by atoms with Gasteiger partial charge in [0, 0.05) is 5.56 Å². The normalized spacial score (nSPS) is 10.5. The summed E-state index contributed by atoms with van der Waals surface area (Å²) >= 11 is 17.7. The van der Waals surface area contributed by atoms with Crippen LogP contribution in [0.4, 0.5) is 0 Å². The number of nitrogens with zero attached hydrogens (tertiary/aromatic N) is 1. The molecule has 1 heterocycles. The highest BCUT2D eigenvalue weighted by atomic mass is 35.5. The van der Waals surface area contributed by atoms with E-state index in [0.29, 0.717) is 21.3 Å². The zero-order chi connectivity index (χ0) is 14.0. The summed E-state index contributed by atoms with van der Waals surface area (Å²) in [6.07, 6.45) is -0.115. The molecule has 0 unspecified atom stereocenters. The lowest BCUT2D eigenvalue weighted by Gasteiger charge is -2.06. The van der Waals surface area contributed by atoms with Crippen LogP contribution in [-0.2, 0) is 11.2 Å². The smallest absolute Gasteiger partial charge is 0.307 e. The standard InChI is InChI=1S/C13H8Cl3NO2/c14-9-2-1-8(6-10(9)15)11-3-7(5-13(18)19)4-12(16)17-11/h1-4,6H,5H2,(H,18,19). The molecule has 0 aliphatic rings. The molecule has 0 spiro atoms. The minimum absolute atomic E-state index is 0.115. The van der Waals surface area contributed by atoms with Crippen molar-refractivity contribution in [2.75, 3.05) is 0 Å². The summed E-state index contributed by atoms with van der Waals surface area (Å²) in [6.45, 7) is 0. The lowest BCUT2D eigenvalue weighted by Crippen LogP contribution is -2.01.